The predicted octanol–water partition coefficient (Wildman–Crippen LogP) is 4.90. The molecule has 4 aromatic rings. The van der Waals surface area contributed by atoms with E-state index >= 15 is 4.39 Å². The molecule has 5 rings (SSSR count). The van der Waals surface area contributed by atoms with Gasteiger partial charge in [0.25, 0.3) is 0 Å². The average molecular weight is 498 g/mol. The van der Waals surface area contributed by atoms with Crippen molar-refractivity contribution in [2.75, 3.05) is 7.11 Å². The third-order valence-corrected chi connectivity index (χ3v) is 7.25. The van der Waals surface area contributed by atoms with Gasteiger partial charge in [0.2, 0.25) is 5.43 Å². The summed E-state index contributed by atoms with van der Waals surface area (Å²) in [5.74, 6) is -3.90. The van der Waals surface area contributed by atoms with E-state index in [4.69, 9.17) is 10.5 Å². The number of thioether (sulfide) groups is 1. The Bertz CT molecular complexity index is 1590. The number of hydrogen-bond donors (Lipinski definition) is 2. The van der Waals surface area contributed by atoms with Crippen molar-refractivity contribution in [3.63, 3.8) is 0 Å². The first-order valence-electron chi connectivity index (χ1n) is 10.4. The Morgan fingerprint density at radius 3 is 2.43 bits per heavy atom. The number of nitrogens with zero attached hydrogens (tertiary/aromatic N) is 1. The zero-order valence-electron chi connectivity index (χ0n) is 18.1. The lowest BCUT2D eigenvalue weighted by Crippen LogP contribution is -2.30. The molecule has 10 heteroatoms. The number of hydrogen-bond acceptors (Lipinski definition) is 5. The van der Waals surface area contributed by atoms with Crippen molar-refractivity contribution in [2.45, 2.75) is 16.9 Å². The molecule has 35 heavy (non-hydrogen) atoms. The second kappa shape index (κ2) is 8.47. The molecule has 0 radical (unpaired) electrons. The summed E-state index contributed by atoms with van der Waals surface area (Å²) in [6, 6.07) is 10.8. The lowest BCUT2D eigenvalue weighted by atomic mass is 9.98. The number of aromatic nitrogens is 1. The second-order valence-electron chi connectivity index (χ2n) is 7.88. The summed E-state index contributed by atoms with van der Waals surface area (Å²) in [6.07, 6.45) is 0. The highest BCUT2D eigenvalue weighted by molar-refractivity contribution is 8.00. The fourth-order valence-electron chi connectivity index (χ4n) is 4.30. The molecular formula is C25H17F3N2O4S. The van der Waals surface area contributed by atoms with E-state index in [1.54, 1.807) is 24.3 Å². The van der Waals surface area contributed by atoms with Gasteiger partial charge in [-0.1, -0.05) is 42.1 Å². The minimum Gasteiger partial charge on any atom is -0.494 e. The summed E-state index contributed by atoms with van der Waals surface area (Å²) in [5.41, 5.74) is 5.72. The van der Waals surface area contributed by atoms with Crippen LogP contribution in [0, 0.1) is 17.5 Å². The van der Waals surface area contributed by atoms with Gasteiger partial charge < -0.3 is 20.1 Å². The summed E-state index contributed by atoms with van der Waals surface area (Å²) in [7, 11) is 1.30. The Hall–Kier alpha value is -3.76. The Morgan fingerprint density at radius 1 is 1.11 bits per heavy atom. The number of carbonyl (C=O) groups is 1. The highest BCUT2D eigenvalue weighted by Crippen LogP contribution is 2.53. The first kappa shape index (κ1) is 23.0. The second-order valence-corrected chi connectivity index (χ2v) is 8.95. The molecule has 0 saturated heterocycles. The number of rotatable bonds is 5. The van der Waals surface area contributed by atoms with E-state index < -0.39 is 39.8 Å². The van der Waals surface area contributed by atoms with Crippen molar-refractivity contribution >= 4 is 28.6 Å². The summed E-state index contributed by atoms with van der Waals surface area (Å²) in [6.45, 7) is 0.292. The van der Waals surface area contributed by atoms with E-state index in [1.807, 2.05) is 0 Å². The molecule has 3 aromatic carbocycles. The van der Waals surface area contributed by atoms with Gasteiger partial charge in [0, 0.05) is 18.2 Å². The van der Waals surface area contributed by atoms with Crippen LogP contribution in [0.2, 0.25) is 0 Å². The number of methoxy groups -OCH3 is 1. The van der Waals surface area contributed by atoms with Crippen molar-refractivity contribution < 1.29 is 27.8 Å². The van der Waals surface area contributed by atoms with Crippen LogP contribution in [0.3, 0.4) is 0 Å². The topological polar surface area (TPSA) is 94.6 Å². The molecule has 1 aliphatic rings. The van der Waals surface area contributed by atoms with Crippen LogP contribution in [-0.2, 0) is 6.54 Å². The third kappa shape index (κ3) is 3.48. The van der Waals surface area contributed by atoms with Crippen LogP contribution < -0.4 is 15.9 Å². The Kier molecular flexibility index (Phi) is 5.57. The molecule has 0 saturated carbocycles. The van der Waals surface area contributed by atoms with Crippen molar-refractivity contribution in [3.8, 4) is 16.9 Å². The quantitative estimate of drug-likeness (QED) is 0.406. The van der Waals surface area contributed by atoms with Crippen LogP contribution in [0.25, 0.3) is 22.0 Å². The summed E-state index contributed by atoms with van der Waals surface area (Å²) < 4.78 is 50.6. The van der Waals surface area contributed by atoms with Crippen LogP contribution >= 0.6 is 11.8 Å². The Morgan fingerprint density at radius 2 is 1.83 bits per heavy atom. The summed E-state index contributed by atoms with van der Waals surface area (Å²) >= 11 is 0.943. The zero-order valence-corrected chi connectivity index (χ0v) is 19.0. The van der Waals surface area contributed by atoms with E-state index in [0.29, 0.717) is 12.1 Å². The zero-order chi connectivity index (χ0) is 25.0. The van der Waals surface area contributed by atoms with Gasteiger partial charge in [0.05, 0.1) is 28.6 Å². The highest BCUT2D eigenvalue weighted by atomic mass is 32.2. The molecule has 3 N–H and O–H groups in total. The normalized spacial score (nSPS) is 14.5. The first-order valence-corrected chi connectivity index (χ1v) is 11.3. The molecule has 1 aliphatic heterocycles. The van der Waals surface area contributed by atoms with Gasteiger partial charge in [-0.15, -0.1) is 0 Å². The van der Waals surface area contributed by atoms with E-state index in [9.17, 15) is 23.5 Å². The van der Waals surface area contributed by atoms with Crippen molar-refractivity contribution in [2.24, 2.45) is 5.73 Å². The maximum absolute atomic E-state index is 15.4. The standard InChI is InChI=1S/C25H17F3N2O4S/c1-34-22-18(12-4-2-11(10-29)3-5-12)17(28)9-15-20(22)30-23(14-7-6-13(26)8-16(14)27)35-24(30)19(21(15)31)25(32)33/h2-9,23H,10,29H2,1H3,(H,32,33). The SMILES string of the molecule is COc1c(-c2ccc(CN)cc2)c(F)cc2c(=O)c(C(=O)O)c3n(c12)C(c1ccc(F)cc1F)S3. The van der Waals surface area contributed by atoms with Crippen molar-refractivity contribution in [3.05, 3.63) is 92.9 Å². The van der Waals surface area contributed by atoms with Crippen molar-refractivity contribution in [1.82, 2.24) is 4.57 Å². The molecule has 0 aliphatic carbocycles. The Balaban J connectivity index is 1.87. The third-order valence-electron chi connectivity index (χ3n) is 5.94. The number of halogens is 3. The number of benzene rings is 3. The molecule has 1 atom stereocenters. The number of fused-ring (bicyclic) bond motifs is 3. The fourth-order valence-corrected chi connectivity index (χ4v) is 5.59. The van der Waals surface area contributed by atoms with E-state index in [1.165, 1.54) is 17.7 Å². The fraction of sp³-hybridized carbons (Fsp3) is 0.120. The maximum atomic E-state index is 15.4. The van der Waals surface area contributed by atoms with E-state index in [-0.39, 0.29) is 32.8 Å². The number of aromatic carboxylic acids is 1. The van der Waals surface area contributed by atoms with Crippen molar-refractivity contribution in [1.29, 1.82) is 0 Å². The molecule has 6 nitrogen and oxygen atoms in total. The van der Waals surface area contributed by atoms with Gasteiger partial charge in [-0.2, -0.15) is 0 Å². The van der Waals surface area contributed by atoms with Crippen LogP contribution in [-0.4, -0.2) is 22.8 Å². The number of carboxylic acid groups (broad SMARTS) is 1. The molecule has 178 valence electrons. The minimum atomic E-state index is -1.49. The van der Waals surface area contributed by atoms with Gasteiger partial charge in [-0.25, -0.2) is 18.0 Å². The smallest absolute Gasteiger partial charge is 0.342 e. The summed E-state index contributed by atoms with van der Waals surface area (Å²) in [5, 5.41) is 8.71. The van der Waals surface area contributed by atoms with Crippen LogP contribution in [0.1, 0.15) is 26.9 Å². The molecule has 0 amide bonds. The molecule has 0 spiro atoms. The largest absolute Gasteiger partial charge is 0.494 e. The number of pyridine rings is 1. The molecular weight excluding hydrogens is 481 g/mol. The predicted molar refractivity (Wildman–Crippen MR) is 125 cm³/mol. The van der Waals surface area contributed by atoms with Crippen LogP contribution in [0.15, 0.2) is 58.4 Å². The molecule has 0 fully saturated rings. The van der Waals surface area contributed by atoms with Gasteiger partial charge in [-0.05, 0) is 23.3 Å². The first-order chi connectivity index (χ1) is 16.8. The molecule has 2 heterocycles. The van der Waals surface area contributed by atoms with Gasteiger partial charge in [-0.3, -0.25) is 4.79 Å². The van der Waals surface area contributed by atoms with Crippen LogP contribution in [0.4, 0.5) is 13.2 Å². The summed E-state index contributed by atoms with van der Waals surface area (Å²) in [4.78, 5) is 25.0. The lowest BCUT2D eigenvalue weighted by molar-refractivity contribution is 0.0689. The lowest BCUT2D eigenvalue weighted by Gasteiger charge is -2.36. The highest BCUT2D eigenvalue weighted by Gasteiger charge is 2.39. The van der Waals surface area contributed by atoms with Crippen LogP contribution in [0.5, 0.6) is 5.75 Å². The Labute approximate surface area is 200 Å². The van der Waals surface area contributed by atoms with Gasteiger partial charge in [0.1, 0.15) is 28.4 Å². The van der Waals surface area contributed by atoms with E-state index in [0.717, 1.165) is 35.5 Å². The molecule has 1 aromatic heterocycles. The van der Waals surface area contributed by atoms with E-state index in [2.05, 4.69) is 0 Å². The monoisotopic (exact) mass is 498 g/mol. The minimum absolute atomic E-state index is 0.0105. The number of ether oxygens (including phenoxy) is 1. The molecule has 1 unspecified atom stereocenters. The van der Waals surface area contributed by atoms with Gasteiger partial charge >= 0.3 is 5.97 Å². The van der Waals surface area contributed by atoms with Gasteiger partial charge in [0.15, 0.2) is 5.75 Å². The molecule has 0 bridgehead atoms. The number of nitrogens with two attached hydrogens (primary N) is 1. The average Bonchev–Trinajstić information content (AvgIpc) is 2.81. The maximum Gasteiger partial charge on any atom is 0.342 e. The number of carboxylic acids is 1.